The van der Waals surface area contributed by atoms with Gasteiger partial charge >= 0.3 is 0 Å². The molecule has 0 aliphatic rings. The zero-order chi connectivity index (χ0) is 16.8. The van der Waals surface area contributed by atoms with E-state index in [0.29, 0.717) is 17.9 Å². The minimum Gasteiger partial charge on any atom is -0.489 e. The van der Waals surface area contributed by atoms with Crippen LogP contribution in [-0.4, -0.2) is 10.9 Å². The number of aromatic nitrogens is 1. The molecule has 0 saturated carbocycles. The van der Waals surface area contributed by atoms with Crippen molar-refractivity contribution in [2.75, 3.05) is 5.32 Å². The molecule has 4 nitrogen and oxygen atoms in total. The Hall–Kier alpha value is -2.85. The molecule has 1 N–H and O–H groups in total. The zero-order valence-corrected chi connectivity index (χ0v) is 13.5. The second kappa shape index (κ2) is 7.62. The van der Waals surface area contributed by atoms with Gasteiger partial charge in [-0.15, -0.1) is 0 Å². The number of hydrogen-bond acceptors (Lipinski definition) is 3. The number of anilines is 1. The Bertz CT molecular complexity index is 838. The molecule has 0 fully saturated rings. The SMILES string of the molecule is O=C(Nc1ccccc1COc1ccccc1)c1ccnc(Cl)c1. The molecular weight excluding hydrogens is 324 g/mol. The van der Waals surface area contributed by atoms with Gasteiger partial charge in [-0.1, -0.05) is 48.0 Å². The average Bonchev–Trinajstić information content (AvgIpc) is 2.62. The number of nitrogens with zero attached hydrogens (tertiary/aromatic N) is 1. The van der Waals surface area contributed by atoms with E-state index in [0.717, 1.165) is 11.3 Å². The first-order chi connectivity index (χ1) is 11.7. The highest BCUT2D eigenvalue weighted by atomic mass is 35.5. The van der Waals surface area contributed by atoms with Gasteiger partial charge in [0.1, 0.15) is 17.5 Å². The largest absolute Gasteiger partial charge is 0.489 e. The van der Waals surface area contributed by atoms with Crippen molar-refractivity contribution in [1.82, 2.24) is 4.98 Å². The van der Waals surface area contributed by atoms with Crippen LogP contribution in [0, 0.1) is 0 Å². The quantitative estimate of drug-likeness (QED) is 0.693. The average molecular weight is 339 g/mol. The number of halogens is 1. The molecule has 0 spiro atoms. The van der Waals surface area contributed by atoms with E-state index in [1.165, 1.54) is 12.3 Å². The van der Waals surface area contributed by atoms with Crippen molar-refractivity contribution in [3.63, 3.8) is 0 Å². The number of hydrogen-bond donors (Lipinski definition) is 1. The number of carbonyl (C=O) groups is 1. The lowest BCUT2D eigenvalue weighted by Gasteiger charge is -2.12. The number of ether oxygens (including phenoxy) is 1. The number of pyridine rings is 1. The molecule has 1 amide bonds. The number of benzene rings is 2. The van der Waals surface area contributed by atoms with Crippen molar-refractivity contribution >= 4 is 23.2 Å². The van der Waals surface area contributed by atoms with Crippen molar-refractivity contribution in [2.24, 2.45) is 0 Å². The summed E-state index contributed by atoms with van der Waals surface area (Å²) < 4.78 is 5.76. The van der Waals surface area contributed by atoms with E-state index in [-0.39, 0.29) is 11.1 Å². The Morgan fingerprint density at radius 2 is 1.79 bits per heavy atom. The van der Waals surface area contributed by atoms with Crippen LogP contribution in [0.5, 0.6) is 5.75 Å². The van der Waals surface area contributed by atoms with Crippen LogP contribution in [0.3, 0.4) is 0 Å². The standard InChI is InChI=1S/C19H15ClN2O2/c20-18-12-14(10-11-21-18)19(23)22-17-9-5-4-6-15(17)13-24-16-7-2-1-3-8-16/h1-12H,13H2,(H,22,23). The summed E-state index contributed by atoms with van der Waals surface area (Å²) in [4.78, 5) is 16.2. The van der Waals surface area contributed by atoms with Gasteiger partial charge < -0.3 is 10.1 Å². The summed E-state index contributed by atoms with van der Waals surface area (Å²) in [5, 5.41) is 3.17. The molecule has 0 radical (unpaired) electrons. The van der Waals surface area contributed by atoms with E-state index in [1.807, 2.05) is 54.6 Å². The third-order valence-electron chi connectivity index (χ3n) is 3.39. The zero-order valence-electron chi connectivity index (χ0n) is 12.8. The van der Waals surface area contributed by atoms with Crippen LogP contribution in [0.15, 0.2) is 72.9 Å². The number of carbonyl (C=O) groups excluding carboxylic acids is 1. The summed E-state index contributed by atoms with van der Waals surface area (Å²) in [5.41, 5.74) is 2.04. The Morgan fingerprint density at radius 3 is 2.58 bits per heavy atom. The van der Waals surface area contributed by atoms with Gasteiger partial charge in [-0.05, 0) is 30.3 Å². The molecule has 3 rings (SSSR count). The van der Waals surface area contributed by atoms with Crippen LogP contribution in [-0.2, 0) is 6.61 Å². The molecule has 1 heterocycles. The van der Waals surface area contributed by atoms with Crippen molar-refractivity contribution < 1.29 is 9.53 Å². The molecule has 0 atom stereocenters. The van der Waals surface area contributed by atoms with E-state index in [1.54, 1.807) is 6.07 Å². The fourth-order valence-electron chi connectivity index (χ4n) is 2.18. The number of amides is 1. The molecule has 0 aliphatic carbocycles. The smallest absolute Gasteiger partial charge is 0.255 e. The van der Waals surface area contributed by atoms with Gasteiger partial charge in [0.15, 0.2) is 0 Å². The summed E-state index contributed by atoms with van der Waals surface area (Å²) in [7, 11) is 0. The predicted octanol–water partition coefficient (Wildman–Crippen LogP) is 4.57. The van der Waals surface area contributed by atoms with E-state index < -0.39 is 0 Å². The van der Waals surface area contributed by atoms with Crippen LogP contribution in [0.1, 0.15) is 15.9 Å². The van der Waals surface area contributed by atoms with Gasteiger partial charge in [-0.25, -0.2) is 4.98 Å². The monoisotopic (exact) mass is 338 g/mol. The molecule has 0 saturated heterocycles. The minimum absolute atomic E-state index is 0.244. The molecule has 0 bridgehead atoms. The summed E-state index contributed by atoms with van der Waals surface area (Å²) in [5.74, 6) is 0.533. The van der Waals surface area contributed by atoms with Crippen molar-refractivity contribution in [2.45, 2.75) is 6.61 Å². The molecule has 0 aliphatic heterocycles. The third-order valence-corrected chi connectivity index (χ3v) is 3.60. The van der Waals surface area contributed by atoms with Crippen molar-refractivity contribution in [1.29, 1.82) is 0 Å². The van der Waals surface area contributed by atoms with Crippen molar-refractivity contribution in [3.8, 4) is 5.75 Å². The Kier molecular flexibility index (Phi) is 5.08. The highest BCUT2D eigenvalue weighted by molar-refractivity contribution is 6.29. The summed E-state index contributed by atoms with van der Waals surface area (Å²) in [6.45, 7) is 0.359. The van der Waals surface area contributed by atoms with E-state index in [4.69, 9.17) is 16.3 Å². The number of rotatable bonds is 5. The topological polar surface area (TPSA) is 51.2 Å². The van der Waals surface area contributed by atoms with E-state index in [9.17, 15) is 4.79 Å². The minimum atomic E-state index is -0.244. The van der Waals surface area contributed by atoms with Gasteiger partial charge in [0.2, 0.25) is 0 Å². The lowest BCUT2D eigenvalue weighted by molar-refractivity contribution is 0.102. The first kappa shape index (κ1) is 16.0. The maximum atomic E-state index is 12.4. The normalized spacial score (nSPS) is 10.2. The molecule has 24 heavy (non-hydrogen) atoms. The van der Waals surface area contributed by atoms with Crippen LogP contribution in [0.25, 0.3) is 0 Å². The highest BCUT2D eigenvalue weighted by Gasteiger charge is 2.10. The summed E-state index contributed by atoms with van der Waals surface area (Å²) in [6.07, 6.45) is 1.50. The molecule has 3 aromatic rings. The summed E-state index contributed by atoms with van der Waals surface area (Å²) >= 11 is 5.83. The summed E-state index contributed by atoms with van der Waals surface area (Å²) in [6, 6.07) is 20.2. The lowest BCUT2D eigenvalue weighted by Crippen LogP contribution is -2.14. The first-order valence-electron chi connectivity index (χ1n) is 7.41. The van der Waals surface area contributed by atoms with Crippen LogP contribution in [0.4, 0.5) is 5.69 Å². The van der Waals surface area contributed by atoms with Gasteiger partial charge in [0.25, 0.3) is 5.91 Å². The predicted molar refractivity (Wildman–Crippen MR) is 94.4 cm³/mol. The van der Waals surface area contributed by atoms with Gasteiger partial charge in [-0.2, -0.15) is 0 Å². The second-order valence-electron chi connectivity index (χ2n) is 5.08. The van der Waals surface area contributed by atoms with E-state index >= 15 is 0 Å². The molecular formula is C19H15ClN2O2. The molecule has 1 aromatic heterocycles. The van der Waals surface area contributed by atoms with Gasteiger partial charge in [-0.3, -0.25) is 4.79 Å². The van der Waals surface area contributed by atoms with Crippen LogP contribution in [0.2, 0.25) is 5.15 Å². The number of nitrogens with one attached hydrogen (secondary N) is 1. The van der Waals surface area contributed by atoms with Gasteiger partial charge in [0.05, 0.1) is 0 Å². The molecule has 5 heteroatoms. The third kappa shape index (κ3) is 4.12. The Balaban J connectivity index is 1.73. The highest BCUT2D eigenvalue weighted by Crippen LogP contribution is 2.19. The molecule has 2 aromatic carbocycles. The fourth-order valence-corrected chi connectivity index (χ4v) is 2.36. The van der Waals surface area contributed by atoms with Gasteiger partial charge in [0, 0.05) is 23.0 Å². The first-order valence-corrected chi connectivity index (χ1v) is 7.79. The van der Waals surface area contributed by atoms with Crippen LogP contribution < -0.4 is 10.1 Å². The second-order valence-corrected chi connectivity index (χ2v) is 5.47. The lowest BCUT2D eigenvalue weighted by atomic mass is 10.1. The molecule has 0 unspecified atom stereocenters. The maximum Gasteiger partial charge on any atom is 0.255 e. The Labute approximate surface area is 145 Å². The van der Waals surface area contributed by atoms with E-state index in [2.05, 4.69) is 10.3 Å². The molecule has 120 valence electrons. The Morgan fingerprint density at radius 1 is 1.04 bits per heavy atom. The van der Waals surface area contributed by atoms with Crippen molar-refractivity contribution in [3.05, 3.63) is 89.2 Å². The maximum absolute atomic E-state index is 12.4. The number of para-hydroxylation sites is 2. The van der Waals surface area contributed by atoms with Crippen LogP contribution >= 0.6 is 11.6 Å². The fraction of sp³-hybridized carbons (Fsp3) is 0.0526.